The van der Waals surface area contributed by atoms with Crippen molar-refractivity contribution in [2.75, 3.05) is 19.6 Å². The number of hydrogen-bond acceptors (Lipinski definition) is 4. The Hall–Kier alpha value is 1.14. The van der Waals surface area contributed by atoms with E-state index in [-0.39, 0.29) is 0 Å². The lowest BCUT2D eigenvalue weighted by atomic mass is 10.5. The van der Waals surface area contributed by atoms with Crippen LogP contribution in [0, 0.1) is 0 Å². The minimum Gasteiger partial charge on any atom is -0.340 e. The van der Waals surface area contributed by atoms with Crippen LogP contribution in [-0.4, -0.2) is 81.6 Å². The molecule has 0 aromatic heterocycles. The average molecular weight is 411 g/mol. The van der Waals surface area contributed by atoms with Gasteiger partial charge in [-0.05, 0) is 55.9 Å². The molecule has 0 aliphatic heterocycles. The third-order valence-electron chi connectivity index (χ3n) is 4.13. The van der Waals surface area contributed by atoms with Gasteiger partial charge in [0, 0.05) is 30.7 Å². The van der Waals surface area contributed by atoms with Gasteiger partial charge in [0.05, 0.1) is 0 Å². The molecule has 0 saturated heterocycles. The third kappa shape index (κ3) is 8.84. The fourth-order valence-corrected chi connectivity index (χ4v) is 32.5. The molecular weight excluding hydrogens is 369 g/mol. The molecule has 0 aromatic rings. The van der Waals surface area contributed by atoms with E-state index < -0.39 is 27.4 Å². The molecule has 0 saturated carbocycles. The second kappa shape index (κ2) is 15.7. The first-order valence-corrected chi connectivity index (χ1v) is 19.6. The Morgan fingerprint density at radius 3 is 1.09 bits per heavy atom. The highest BCUT2D eigenvalue weighted by molar-refractivity contribution is 6.88. The van der Waals surface area contributed by atoms with Crippen molar-refractivity contribution in [3.63, 3.8) is 0 Å². The van der Waals surface area contributed by atoms with Crippen LogP contribution in [0.2, 0.25) is 17.0 Å². The lowest BCUT2D eigenvalue weighted by Gasteiger charge is -2.42. The van der Waals surface area contributed by atoms with Crippen LogP contribution in [-0.2, 0) is 0 Å². The Kier molecular flexibility index (Phi) is 16.5. The van der Waals surface area contributed by atoms with Crippen molar-refractivity contribution in [3.05, 3.63) is 0 Å². The molecule has 3 atom stereocenters. The maximum Gasteiger partial charge on any atom is 0.172 e. The summed E-state index contributed by atoms with van der Waals surface area (Å²) in [6, 6.07) is 0. The van der Waals surface area contributed by atoms with Gasteiger partial charge in [-0.25, -0.2) is 0 Å². The van der Waals surface area contributed by atoms with Crippen LogP contribution in [0.1, 0.15) is 40.0 Å². The average Bonchev–Trinajstić information content (AvgIpc) is 2.55. The van der Waals surface area contributed by atoms with Crippen LogP contribution in [0.4, 0.5) is 0 Å². The van der Waals surface area contributed by atoms with Crippen molar-refractivity contribution >= 4 is 58.1 Å². The molecule has 0 aliphatic carbocycles. The quantitative estimate of drug-likeness (QED) is 0.250. The van der Waals surface area contributed by atoms with Crippen LogP contribution in [0.25, 0.3) is 0 Å². The van der Waals surface area contributed by atoms with E-state index in [2.05, 4.69) is 39.6 Å². The first-order valence-electron chi connectivity index (χ1n) is 9.67. The topological polar surface area (TPSA) is 39.3 Å². The van der Waals surface area contributed by atoms with Crippen LogP contribution in [0.15, 0.2) is 0 Å². The lowest BCUT2D eigenvalue weighted by molar-refractivity contribution is 0.741. The van der Waals surface area contributed by atoms with Gasteiger partial charge >= 0.3 is 0 Å². The molecule has 0 spiro atoms. The van der Waals surface area contributed by atoms with E-state index in [0.717, 1.165) is 0 Å². The van der Waals surface area contributed by atoms with Crippen molar-refractivity contribution < 1.29 is 0 Å². The SMILES string of the molecule is CCCN[SiH](C[SiH3])N([SiH](C[SiH3])NCCC)[SiH](C[SiH3])NCCC. The van der Waals surface area contributed by atoms with Gasteiger partial charge in [0.25, 0.3) is 0 Å². The summed E-state index contributed by atoms with van der Waals surface area (Å²) < 4.78 is 3.17. The van der Waals surface area contributed by atoms with Gasteiger partial charge < -0.3 is 18.8 Å². The van der Waals surface area contributed by atoms with Crippen molar-refractivity contribution in [1.82, 2.24) is 18.8 Å². The molecule has 0 fully saturated rings. The zero-order chi connectivity index (χ0) is 16.8. The zero-order valence-electron chi connectivity index (χ0n) is 16.0. The molecule has 0 rings (SSSR count). The minimum atomic E-state index is -0.894. The van der Waals surface area contributed by atoms with Crippen molar-refractivity contribution in [3.8, 4) is 0 Å². The van der Waals surface area contributed by atoms with Gasteiger partial charge in [-0.15, -0.1) is 0 Å². The second-order valence-electron chi connectivity index (χ2n) is 6.08. The lowest BCUT2D eigenvalue weighted by Crippen LogP contribution is -2.70. The standard InChI is InChI=1S/C12H42N4Si6/c1-4-7-13-20(10-17)16(21(11-18)14-8-5-2)22(12-19)15-9-6-3/h13-15,20-22H,4-12H2,1-3,17-19H3. The maximum absolute atomic E-state index is 4.02. The van der Waals surface area contributed by atoms with Gasteiger partial charge in [0.2, 0.25) is 0 Å². The summed E-state index contributed by atoms with van der Waals surface area (Å²) in [7, 11) is 1.41. The van der Waals surface area contributed by atoms with Crippen molar-refractivity contribution in [2.24, 2.45) is 0 Å². The van der Waals surface area contributed by atoms with Crippen molar-refractivity contribution in [1.29, 1.82) is 0 Å². The zero-order valence-corrected chi connectivity index (χ0v) is 25.5. The van der Waals surface area contributed by atoms with E-state index in [1.165, 1.54) is 86.6 Å². The highest BCUT2D eigenvalue weighted by atomic mass is 28.4. The molecule has 0 radical (unpaired) electrons. The summed E-state index contributed by atoms with van der Waals surface area (Å²) in [4.78, 5) is 12.1. The van der Waals surface area contributed by atoms with Crippen LogP contribution >= 0.6 is 0 Å². The molecule has 10 heteroatoms. The van der Waals surface area contributed by atoms with E-state index in [1.807, 2.05) is 0 Å². The van der Waals surface area contributed by atoms with E-state index in [4.69, 9.17) is 0 Å². The van der Waals surface area contributed by atoms with E-state index in [0.29, 0.717) is 0 Å². The van der Waals surface area contributed by atoms with E-state index in [1.54, 1.807) is 0 Å². The third-order valence-corrected chi connectivity index (χ3v) is 24.3. The summed E-state index contributed by atoms with van der Waals surface area (Å²) in [6.07, 6.45) is 3.84. The van der Waals surface area contributed by atoms with E-state index >= 15 is 0 Å². The minimum absolute atomic E-state index is 0.894. The number of rotatable bonds is 15. The molecule has 3 N–H and O–H groups in total. The Morgan fingerprint density at radius 1 is 0.636 bits per heavy atom. The molecule has 0 aliphatic rings. The first-order chi connectivity index (χ1) is 10.7. The summed E-state index contributed by atoms with van der Waals surface area (Å²) in [6.45, 7) is 10.6. The Balaban J connectivity index is 5.11. The molecule has 22 heavy (non-hydrogen) atoms. The molecular formula is C12H42N4Si6. The summed E-state index contributed by atoms with van der Waals surface area (Å²) >= 11 is 0. The normalized spacial score (nSPS) is 16.4. The Labute approximate surface area is 153 Å². The van der Waals surface area contributed by atoms with Gasteiger partial charge in [-0.1, -0.05) is 20.8 Å². The van der Waals surface area contributed by atoms with Crippen LogP contribution in [0.5, 0.6) is 0 Å². The molecule has 0 aromatic carbocycles. The van der Waals surface area contributed by atoms with E-state index in [9.17, 15) is 0 Å². The highest BCUT2D eigenvalue weighted by Gasteiger charge is 2.32. The number of nitrogens with zero attached hydrogens (tertiary/aromatic N) is 1. The highest BCUT2D eigenvalue weighted by Crippen LogP contribution is 2.07. The molecule has 0 bridgehead atoms. The molecule has 3 unspecified atom stereocenters. The Bertz CT molecular complexity index is 214. The van der Waals surface area contributed by atoms with Gasteiger partial charge in [0.1, 0.15) is 0 Å². The van der Waals surface area contributed by atoms with Crippen LogP contribution < -0.4 is 14.9 Å². The molecule has 0 heterocycles. The van der Waals surface area contributed by atoms with Gasteiger partial charge in [-0.3, -0.25) is 0 Å². The number of hydrogen-bond donors (Lipinski definition) is 3. The molecule has 134 valence electrons. The van der Waals surface area contributed by atoms with Gasteiger partial charge in [-0.2, -0.15) is 0 Å². The largest absolute Gasteiger partial charge is 0.340 e. The summed E-state index contributed by atoms with van der Waals surface area (Å²) in [5.74, 6) is 0. The second-order valence-corrected chi connectivity index (χ2v) is 23.8. The fraction of sp³-hybridized carbons (Fsp3) is 1.00. The summed E-state index contributed by atoms with van der Waals surface area (Å²) in [5.41, 5.74) is 4.53. The molecule has 4 nitrogen and oxygen atoms in total. The predicted molar refractivity (Wildman–Crippen MR) is 122 cm³/mol. The maximum atomic E-state index is 4.02. The summed E-state index contributed by atoms with van der Waals surface area (Å²) in [5, 5.41) is 0. The number of nitrogens with one attached hydrogen (secondary N) is 3. The van der Waals surface area contributed by atoms with Gasteiger partial charge in [0.15, 0.2) is 27.4 Å². The predicted octanol–water partition coefficient (Wildman–Crippen LogP) is -3.08. The smallest absolute Gasteiger partial charge is 0.172 e. The van der Waals surface area contributed by atoms with Crippen LogP contribution in [0.3, 0.4) is 0 Å². The fourth-order valence-electron chi connectivity index (χ4n) is 2.97. The van der Waals surface area contributed by atoms with Crippen molar-refractivity contribution in [2.45, 2.75) is 57.0 Å². The molecule has 0 amide bonds. The monoisotopic (exact) mass is 410 g/mol. The Morgan fingerprint density at radius 2 is 0.909 bits per heavy atom. The first kappa shape index (κ1) is 23.1.